The van der Waals surface area contributed by atoms with Gasteiger partial charge in [0.2, 0.25) is 0 Å². The number of nitrogens with zero attached hydrogens (tertiary/aromatic N) is 2. The minimum atomic E-state index is -1.36. The number of nitrogens with two attached hydrogens (primary N) is 1. The van der Waals surface area contributed by atoms with Crippen LogP contribution in [0.25, 0.3) is 11.1 Å². The zero-order valence-corrected chi connectivity index (χ0v) is 40.0. The second-order valence-corrected chi connectivity index (χ2v) is 31.7. The third kappa shape index (κ3) is 18.6. The van der Waals surface area contributed by atoms with Gasteiger partial charge in [0.1, 0.15) is 17.4 Å². The molecule has 0 aliphatic carbocycles. The molecule has 0 saturated carbocycles. The van der Waals surface area contributed by atoms with Gasteiger partial charge in [0.15, 0.2) is 0 Å². The van der Waals surface area contributed by atoms with E-state index in [9.17, 15) is 18.8 Å². The van der Waals surface area contributed by atoms with E-state index in [1.165, 1.54) is 12.1 Å². The number of benzene rings is 2. The summed E-state index contributed by atoms with van der Waals surface area (Å²) in [6.45, 7) is 22.9. The Morgan fingerprint density at radius 3 is 2.14 bits per heavy atom. The highest BCUT2D eigenvalue weighted by atomic mass is 32.2. The van der Waals surface area contributed by atoms with Gasteiger partial charge in [-0.15, -0.1) is 0 Å². The fourth-order valence-corrected chi connectivity index (χ4v) is 9.27. The summed E-state index contributed by atoms with van der Waals surface area (Å²) < 4.78 is 43.0. The van der Waals surface area contributed by atoms with Crippen molar-refractivity contribution < 1.29 is 32.6 Å². The van der Waals surface area contributed by atoms with Gasteiger partial charge in [0.25, 0.3) is 0 Å². The molecular weight excluding hydrogens is 801 g/mol. The van der Waals surface area contributed by atoms with E-state index in [4.69, 9.17) is 15.2 Å². The molecule has 0 saturated heterocycles. The molecule has 0 aliphatic heterocycles. The van der Waals surface area contributed by atoms with Gasteiger partial charge in [-0.25, -0.2) is 8.78 Å². The SMILES string of the molecule is CC(C)(C)[C@H](c1cc(-c2cc(F)ccc2F)cn1Cc1ccccc1)N(CCCCC(=O)OCC[Si](C)(C)C)CCSCCC(=O)CC(CN)C(=O)OCC[Si](C)(C)C. The summed E-state index contributed by atoms with van der Waals surface area (Å²) in [6.07, 6.45) is 4.11. The molecule has 328 valence electrons. The molecular formula is C46H71F2N3O5SSi2. The summed E-state index contributed by atoms with van der Waals surface area (Å²) in [5, 5.41) is 0. The van der Waals surface area contributed by atoms with Crippen molar-refractivity contribution in [3.05, 3.63) is 83.7 Å². The molecule has 0 bridgehead atoms. The molecule has 0 aliphatic rings. The third-order valence-electron chi connectivity index (χ3n) is 10.3. The maximum atomic E-state index is 15.3. The van der Waals surface area contributed by atoms with Crippen molar-refractivity contribution >= 4 is 45.6 Å². The number of esters is 2. The minimum Gasteiger partial charge on any atom is -0.466 e. The van der Waals surface area contributed by atoms with Crippen LogP contribution in [0.5, 0.6) is 0 Å². The topological polar surface area (TPSA) is 104 Å². The summed E-state index contributed by atoms with van der Waals surface area (Å²) in [6, 6.07) is 17.3. The molecule has 2 aromatic carbocycles. The van der Waals surface area contributed by atoms with Crippen molar-refractivity contribution in [3.63, 3.8) is 0 Å². The summed E-state index contributed by atoms with van der Waals surface area (Å²) in [5.41, 5.74) is 8.48. The van der Waals surface area contributed by atoms with E-state index in [-0.39, 0.29) is 41.7 Å². The van der Waals surface area contributed by atoms with Crippen LogP contribution in [0, 0.1) is 23.0 Å². The molecule has 2 atom stereocenters. The van der Waals surface area contributed by atoms with Crippen LogP contribution in [-0.4, -0.2) is 87.7 Å². The van der Waals surface area contributed by atoms with Crippen molar-refractivity contribution in [2.24, 2.45) is 17.1 Å². The van der Waals surface area contributed by atoms with Crippen LogP contribution in [0.4, 0.5) is 8.78 Å². The first-order valence-corrected chi connectivity index (χ1v) is 29.8. The predicted octanol–water partition coefficient (Wildman–Crippen LogP) is 10.5. The van der Waals surface area contributed by atoms with E-state index in [2.05, 4.69) is 81.7 Å². The van der Waals surface area contributed by atoms with Crippen molar-refractivity contribution in [1.82, 2.24) is 9.47 Å². The van der Waals surface area contributed by atoms with E-state index in [1.807, 2.05) is 30.5 Å². The van der Waals surface area contributed by atoms with Crippen LogP contribution in [0.3, 0.4) is 0 Å². The maximum absolute atomic E-state index is 15.3. The van der Waals surface area contributed by atoms with Crippen molar-refractivity contribution in [1.29, 1.82) is 0 Å². The molecule has 0 radical (unpaired) electrons. The molecule has 13 heteroatoms. The third-order valence-corrected chi connectivity index (χ3v) is 14.6. The van der Waals surface area contributed by atoms with Gasteiger partial charge < -0.3 is 19.8 Å². The molecule has 59 heavy (non-hydrogen) atoms. The molecule has 1 heterocycles. The van der Waals surface area contributed by atoms with Crippen molar-refractivity contribution in [2.75, 3.05) is 44.4 Å². The van der Waals surface area contributed by atoms with Gasteiger partial charge in [-0.1, -0.05) is 90.4 Å². The lowest BCUT2D eigenvalue weighted by molar-refractivity contribution is -0.149. The molecule has 0 fully saturated rings. The quantitative estimate of drug-likeness (QED) is 0.0483. The van der Waals surface area contributed by atoms with E-state index >= 15 is 4.39 Å². The predicted molar refractivity (Wildman–Crippen MR) is 245 cm³/mol. The summed E-state index contributed by atoms with van der Waals surface area (Å²) in [7, 11) is -2.67. The van der Waals surface area contributed by atoms with Crippen LogP contribution < -0.4 is 5.73 Å². The van der Waals surface area contributed by atoms with Gasteiger partial charge in [-0.3, -0.25) is 19.3 Å². The highest BCUT2D eigenvalue weighted by Gasteiger charge is 2.35. The minimum absolute atomic E-state index is 0.00731. The molecule has 1 aromatic heterocycles. The smallest absolute Gasteiger partial charge is 0.310 e. The van der Waals surface area contributed by atoms with Crippen LogP contribution >= 0.6 is 11.8 Å². The number of rotatable bonds is 26. The van der Waals surface area contributed by atoms with Crippen LogP contribution in [0.15, 0.2) is 60.8 Å². The van der Waals surface area contributed by atoms with Gasteiger partial charge in [0, 0.05) is 89.6 Å². The highest BCUT2D eigenvalue weighted by Crippen LogP contribution is 2.41. The van der Waals surface area contributed by atoms with Gasteiger partial charge in [0.05, 0.1) is 25.2 Å². The Labute approximate surface area is 359 Å². The fraction of sp³-hybridized carbons (Fsp3) is 0.587. The number of ether oxygens (including phenoxy) is 2. The number of carbonyl (C=O) groups is 3. The summed E-state index contributed by atoms with van der Waals surface area (Å²) in [5.74, 6) is -0.849. The molecule has 3 rings (SSSR count). The number of Topliss-reactive ketones (excluding diaryl/α,β-unsaturated/α-hetero) is 1. The molecule has 8 nitrogen and oxygen atoms in total. The summed E-state index contributed by atoms with van der Waals surface area (Å²) in [4.78, 5) is 40.8. The monoisotopic (exact) mass is 871 g/mol. The lowest BCUT2D eigenvalue weighted by Crippen LogP contribution is -2.40. The Balaban J connectivity index is 1.81. The number of thioether (sulfide) groups is 1. The fourth-order valence-electron chi connectivity index (χ4n) is 6.90. The van der Waals surface area contributed by atoms with E-state index in [1.54, 1.807) is 11.8 Å². The number of hydrogen-bond acceptors (Lipinski definition) is 8. The van der Waals surface area contributed by atoms with E-state index < -0.39 is 39.7 Å². The number of carbonyl (C=O) groups excluding carboxylic acids is 3. The average Bonchev–Trinajstić information content (AvgIpc) is 3.53. The Hall–Kier alpha value is -3.11. The second-order valence-electron chi connectivity index (χ2n) is 19.2. The zero-order chi connectivity index (χ0) is 43.8. The first-order valence-electron chi connectivity index (χ1n) is 21.2. The second kappa shape index (κ2) is 23.8. The molecule has 1 unspecified atom stereocenters. The Morgan fingerprint density at radius 1 is 0.847 bits per heavy atom. The van der Waals surface area contributed by atoms with Gasteiger partial charge >= 0.3 is 11.9 Å². The molecule has 2 N–H and O–H groups in total. The van der Waals surface area contributed by atoms with Crippen LogP contribution in [0.2, 0.25) is 51.4 Å². The van der Waals surface area contributed by atoms with E-state index in [0.717, 1.165) is 41.6 Å². The maximum Gasteiger partial charge on any atom is 0.310 e. The Morgan fingerprint density at radius 2 is 1.51 bits per heavy atom. The van der Waals surface area contributed by atoms with Crippen LogP contribution in [0.1, 0.15) is 70.2 Å². The lowest BCUT2D eigenvalue weighted by atomic mass is 9.83. The number of hydrogen-bond donors (Lipinski definition) is 1. The van der Waals surface area contributed by atoms with Gasteiger partial charge in [-0.05, 0) is 66.7 Å². The Bertz CT molecular complexity index is 1770. The number of aromatic nitrogens is 1. The average molecular weight is 872 g/mol. The zero-order valence-electron chi connectivity index (χ0n) is 37.2. The number of ketones is 1. The molecule has 3 aromatic rings. The largest absolute Gasteiger partial charge is 0.466 e. The number of unbranched alkanes of at least 4 members (excludes halogenated alkanes) is 1. The van der Waals surface area contributed by atoms with Gasteiger partial charge in [-0.2, -0.15) is 11.8 Å². The summed E-state index contributed by atoms with van der Waals surface area (Å²) >= 11 is 1.69. The molecule has 0 spiro atoms. The lowest BCUT2D eigenvalue weighted by Gasteiger charge is -2.41. The van der Waals surface area contributed by atoms with Crippen LogP contribution in [-0.2, 0) is 30.4 Å². The first-order chi connectivity index (χ1) is 27.7. The van der Waals surface area contributed by atoms with Crippen molar-refractivity contribution in [3.8, 4) is 11.1 Å². The highest BCUT2D eigenvalue weighted by molar-refractivity contribution is 7.99. The Kier molecular flexibility index (Phi) is 20.2. The molecule has 0 amide bonds. The standard InChI is InChI=1S/C46H71F2N3O5SSi2/c1-46(2,3)44(42-30-37(40-31-38(47)18-19-41(40)48)34-51(42)33-35-15-11-10-12-16-35)50(21-14-13-17-43(53)55-23-27-58(4,5)6)22-26-57-25-20-39(52)29-36(32-49)45(54)56-24-28-59(7,8)9/h10-12,15-16,18-19,30-31,34,36,44H,13-14,17,20-29,32-33,49H2,1-9H3/t36?,44-/m0/s1. The normalized spacial score (nSPS) is 13.4. The number of halogens is 2. The van der Waals surface area contributed by atoms with E-state index in [0.29, 0.717) is 63.4 Å². The van der Waals surface area contributed by atoms with Crippen molar-refractivity contribution in [2.45, 2.75) is 117 Å². The first kappa shape index (κ1) is 50.3.